The minimum Gasteiger partial charge on any atom is -0.353 e. The Kier molecular flexibility index (Phi) is 8.80. The predicted molar refractivity (Wildman–Crippen MR) is 69.2 cm³/mol. The van der Waals surface area contributed by atoms with E-state index in [4.69, 9.17) is 0 Å². The number of carbonyl (C=O) groups is 2. The van der Waals surface area contributed by atoms with Crippen molar-refractivity contribution in [1.82, 2.24) is 16.0 Å². The molecule has 0 bridgehead atoms. The van der Waals surface area contributed by atoms with E-state index >= 15 is 0 Å². The Morgan fingerprint density at radius 2 is 2.06 bits per heavy atom. The van der Waals surface area contributed by atoms with Gasteiger partial charge < -0.3 is 16.0 Å². The minimum absolute atomic E-state index is 0. The molecule has 1 rings (SSSR count). The Morgan fingerprint density at radius 1 is 1.29 bits per heavy atom. The van der Waals surface area contributed by atoms with Crippen LogP contribution in [0.5, 0.6) is 0 Å². The average Bonchev–Trinajstić information content (AvgIpc) is 2.77. The molecule has 1 aliphatic rings. The molecule has 1 atom stereocenters. The van der Waals surface area contributed by atoms with E-state index in [0.717, 1.165) is 19.4 Å². The van der Waals surface area contributed by atoms with Crippen LogP contribution in [0.25, 0.3) is 0 Å². The van der Waals surface area contributed by atoms with Gasteiger partial charge in [0.2, 0.25) is 11.8 Å². The molecular weight excluding hydrogens is 242 g/mol. The van der Waals surface area contributed by atoms with Crippen LogP contribution in [0.1, 0.15) is 32.6 Å². The Balaban J connectivity index is 0.00000256. The van der Waals surface area contributed by atoms with Crippen molar-refractivity contribution in [3.8, 4) is 0 Å². The molecule has 0 radical (unpaired) electrons. The summed E-state index contributed by atoms with van der Waals surface area (Å²) in [6, 6.07) is 0.398. The third-order valence-corrected chi connectivity index (χ3v) is 2.63. The first-order valence-corrected chi connectivity index (χ1v) is 5.99. The van der Waals surface area contributed by atoms with E-state index in [1.165, 1.54) is 6.42 Å². The molecular formula is C11H22ClN3O2. The smallest absolute Gasteiger partial charge is 0.239 e. The van der Waals surface area contributed by atoms with Crippen molar-refractivity contribution in [3.63, 3.8) is 0 Å². The highest BCUT2D eigenvalue weighted by atomic mass is 35.5. The van der Waals surface area contributed by atoms with Gasteiger partial charge in [-0.15, -0.1) is 12.4 Å². The second-order valence-electron chi connectivity index (χ2n) is 4.12. The zero-order valence-corrected chi connectivity index (χ0v) is 11.1. The van der Waals surface area contributed by atoms with Crippen LogP contribution in [0.2, 0.25) is 0 Å². The predicted octanol–water partition coefficient (Wildman–Crippen LogP) is 0.193. The number of halogens is 1. The summed E-state index contributed by atoms with van der Waals surface area (Å²) >= 11 is 0. The molecule has 1 fully saturated rings. The van der Waals surface area contributed by atoms with Crippen LogP contribution in [0, 0.1) is 0 Å². The van der Waals surface area contributed by atoms with Gasteiger partial charge in [-0.25, -0.2) is 0 Å². The fraction of sp³-hybridized carbons (Fsp3) is 0.818. The van der Waals surface area contributed by atoms with Gasteiger partial charge in [0.25, 0.3) is 0 Å². The fourth-order valence-corrected chi connectivity index (χ4v) is 1.72. The molecule has 1 saturated heterocycles. The molecule has 2 amide bonds. The third kappa shape index (κ3) is 7.18. The van der Waals surface area contributed by atoms with E-state index in [9.17, 15) is 9.59 Å². The summed E-state index contributed by atoms with van der Waals surface area (Å²) in [7, 11) is 0. The summed E-state index contributed by atoms with van der Waals surface area (Å²) in [5.74, 6) is -0.171. The zero-order chi connectivity index (χ0) is 11.8. The van der Waals surface area contributed by atoms with Gasteiger partial charge in [-0.1, -0.05) is 6.92 Å². The number of hydrogen-bond acceptors (Lipinski definition) is 3. The summed E-state index contributed by atoms with van der Waals surface area (Å²) in [5, 5.41) is 8.69. The van der Waals surface area contributed by atoms with Crippen LogP contribution in [0.4, 0.5) is 0 Å². The molecule has 1 heterocycles. The van der Waals surface area contributed by atoms with Gasteiger partial charge in [-0.05, 0) is 25.8 Å². The normalized spacial score (nSPS) is 18.3. The maximum Gasteiger partial charge on any atom is 0.239 e. The lowest BCUT2D eigenvalue weighted by Gasteiger charge is -2.11. The summed E-state index contributed by atoms with van der Waals surface area (Å²) < 4.78 is 0. The summed E-state index contributed by atoms with van der Waals surface area (Å²) in [4.78, 5) is 22.5. The van der Waals surface area contributed by atoms with Crippen molar-refractivity contribution in [2.24, 2.45) is 0 Å². The summed E-state index contributed by atoms with van der Waals surface area (Å²) in [6.07, 6.45) is 3.58. The van der Waals surface area contributed by atoms with Gasteiger partial charge in [0.1, 0.15) is 0 Å². The maximum absolute atomic E-state index is 11.4. The van der Waals surface area contributed by atoms with E-state index in [1.54, 1.807) is 0 Å². The largest absolute Gasteiger partial charge is 0.353 e. The van der Waals surface area contributed by atoms with Gasteiger partial charge >= 0.3 is 0 Å². The molecule has 0 saturated carbocycles. The Hall–Kier alpha value is -0.810. The second kappa shape index (κ2) is 9.24. The second-order valence-corrected chi connectivity index (χ2v) is 4.12. The first-order chi connectivity index (χ1) is 7.72. The van der Waals surface area contributed by atoms with Gasteiger partial charge in [-0.3, -0.25) is 9.59 Å². The van der Waals surface area contributed by atoms with E-state index < -0.39 is 0 Å². The highest BCUT2D eigenvalue weighted by molar-refractivity contribution is 5.85. The number of carbonyl (C=O) groups excluding carboxylic acids is 2. The van der Waals surface area contributed by atoms with E-state index in [1.807, 2.05) is 6.92 Å². The molecule has 0 spiro atoms. The fourth-order valence-electron chi connectivity index (χ4n) is 1.72. The molecule has 0 aromatic heterocycles. The van der Waals surface area contributed by atoms with Gasteiger partial charge in [0.15, 0.2) is 0 Å². The quantitative estimate of drug-likeness (QED) is 0.641. The van der Waals surface area contributed by atoms with Crippen LogP contribution in [0.3, 0.4) is 0 Å². The molecule has 5 nitrogen and oxygen atoms in total. The lowest BCUT2D eigenvalue weighted by atomic mass is 10.2. The van der Waals surface area contributed by atoms with Crippen molar-refractivity contribution < 1.29 is 9.59 Å². The molecule has 17 heavy (non-hydrogen) atoms. The highest BCUT2D eigenvalue weighted by Gasteiger charge is 2.14. The molecule has 1 aliphatic heterocycles. The van der Waals surface area contributed by atoms with Crippen LogP contribution in [-0.4, -0.2) is 37.5 Å². The van der Waals surface area contributed by atoms with Gasteiger partial charge in [0.05, 0.1) is 6.54 Å². The number of nitrogens with one attached hydrogen (secondary N) is 3. The van der Waals surface area contributed by atoms with Crippen molar-refractivity contribution >= 4 is 24.2 Å². The van der Waals surface area contributed by atoms with Crippen LogP contribution >= 0.6 is 12.4 Å². The topological polar surface area (TPSA) is 70.2 Å². The van der Waals surface area contributed by atoms with E-state index in [2.05, 4.69) is 16.0 Å². The third-order valence-electron chi connectivity index (χ3n) is 2.63. The first-order valence-electron chi connectivity index (χ1n) is 5.99. The maximum atomic E-state index is 11.4. The van der Waals surface area contributed by atoms with Crippen LogP contribution in [-0.2, 0) is 9.59 Å². The Labute approximate surface area is 109 Å². The molecule has 1 unspecified atom stereocenters. The number of hydrogen-bond donors (Lipinski definition) is 3. The summed E-state index contributed by atoms with van der Waals surface area (Å²) in [5.41, 5.74) is 0. The summed E-state index contributed by atoms with van der Waals surface area (Å²) in [6.45, 7) is 3.72. The molecule has 6 heteroatoms. The van der Waals surface area contributed by atoms with Crippen LogP contribution in [0.15, 0.2) is 0 Å². The van der Waals surface area contributed by atoms with Crippen molar-refractivity contribution in [2.75, 3.05) is 19.6 Å². The molecule has 0 aromatic carbocycles. The standard InChI is InChI=1S/C11H21N3O2.ClH/c1-2-4-10(15)14-8-11(16)13-7-9-5-3-6-12-9;/h9,12H,2-8H2,1H3,(H,13,16)(H,14,15);1H. The lowest BCUT2D eigenvalue weighted by molar-refractivity contribution is -0.126. The Bertz CT molecular complexity index is 243. The highest BCUT2D eigenvalue weighted by Crippen LogP contribution is 2.02. The number of rotatable bonds is 6. The molecule has 100 valence electrons. The van der Waals surface area contributed by atoms with Gasteiger partial charge in [-0.2, -0.15) is 0 Å². The van der Waals surface area contributed by atoms with Crippen LogP contribution < -0.4 is 16.0 Å². The Morgan fingerprint density at radius 3 is 2.65 bits per heavy atom. The molecule has 0 aromatic rings. The van der Waals surface area contributed by atoms with E-state index in [0.29, 0.717) is 19.0 Å². The van der Waals surface area contributed by atoms with Crippen molar-refractivity contribution in [2.45, 2.75) is 38.6 Å². The van der Waals surface area contributed by atoms with Crippen molar-refractivity contribution in [1.29, 1.82) is 0 Å². The molecule has 0 aliphatic carbocycles. The average molecular weight is 264 g/mol. The molecule has 3 N–H and O–H groups in total. The lowest BCUT2D eigenvalue weighted by Crippen LogP contribution is -2.42. The van der Waals surface area contributed by atoms with E-state index in [-0.39, 0.29) is 30.8 Å². The monoisotopic (exact) mass is 263 g/mol. The SMILES string of the molecule is CCCC(=O)NCC(=O)NCC1CCCN1.Cl. The van der Waals surface area contributed by atoms with Gasteiger partial charge in [0, 0.05) is 19.0 Å². The first kappa shape index (κ1) is 16.2. The number of amides is 2. The van der Waals surface area contributed by atoms with Crippen molar-refractivity contribution in [3.05, 3.63) is 0 Å². The minimum atomic E-state index is -0.113. The zero-order valence-electron chi connectivity index (χ0n) is 10.3.